The Bertz CT molecular complexity index is 1210. The number of carbonyl (C=O) groups is 1. The minimum atomic E-state index is -0.300. The minimum absolute atomic E-state index is 0.0187. The second-order valence-electron chi connectivity index (χ2n) is 8.83. The molecule has 2 unspecified atom stereocenters. The smallest absolute Gasteiger partial charge is 0.163 e. The molecule has 180 valence electrons. The molecule has 4 rings (SSSR count). The molecule has 2 atom stereocenters. The Kier molecular flexibility index (Phi) is 7.81. The molecule has 2 N–H and O–H groups in total. The number of ether oxygens (including phenoxy) is 2. The third kappa shape index (κ3) is 5.89. The molecule has 1 fully saturated rings. The number of nitrogens with zero attached hydrogens (tertiary/aromatic N) is 1. The Morgan fingerprint density at radius 2 is 1.80 bits per heavy atom. The van der Waals surface area contributed by atoms with Crippen LogP contribution in [0.2, 0.25) is 0 Å². The van der Waals surface area contributed by atoms with Crippen molar-refractivity contribution >= 4 is 11.5 Å². The zero-order chi connectivity index (χ0) is 24.8. The van der Waals surface area contributed by atoms with Gasteiger partial charge in [0.2, 0.25) is 0 Å². The Morgan fingerprint density at radius 3 is 2.40 bits per heavy atom. The number of aromatic hydroxyl groups is 1. The van der Waals surface area contributed by atoms with Crippen molar-refractivity contribution in [3.8, 4) is 11.8 Å². The van der Waals surface area contributed by atoms with Gasteiger partial charge in [-0.25, -0.2) is 0 Å². The number of rotatable bonds is 8. The van der Waals surface area contributed by atoms with E-state index in [0.717, 1.165) is 41.6 Å². The van der Waals surface area contributed by atoms with Gasteiger partial charge in [0.05, 0.1) is 17.2 Å². The van der Waals surface area contributed by atoms with Crippen LogP contribution in [0.1, 0.15) is 70.5 Å². The molecule has 6 nitrogen and oxygen atoms in total. The van der Waals surface area contributed by atoms with Crippen molar-refractivity contribution in [1.82, 2.24) is 0 Å². The van der Waals surface area contributed by atoms with Gasteiger partial charge in [-0.05, 0) is 74.1 Å². The second-order valence-corrected chi connectivity index (χ2v) is 8.83. The number of phenols is 1. The second kappa shape index (κ2) is 11.2. The van der Waals surface area contributed by atoms with Gasteiger partial charge < -0.3 is 19.9 Å². The van der Waals surface area contributed by atoms with E-state index in [-0.39, 0.29) is 23.9 Å². The number of nitriles is 1. The molecule has 6 heteroatoms. The number of benzene rings is 3. The quantitative estimate of drug-likeness (QED) is 0.391. The fourth-order valence-corrected chi connectivity index (χ4v) is 4.24. The number of anilines is 1. The first kappa shape index (κ1) is 24.5. The van der Waals surface area contributed by atoms with Crippen molar-refractivity contribution in [3.63, 3.8) is 0 Å². The molecule has 0 saturated carbocycles. The predicted molar refractivity (Wildman–Crippen MR) is 134 cm³/mol. The molecule has 0 radical (unpaired) electrons. The zero-order valence-electron chi connectivity index (χ0n) is 20.1. The van der Waals surface area contributed by atoms with Crippen molar-refractivity contribution < 1.29 is 19.4 Å². The van der Waals surface area contributed by atoms with Crippen molar-refractivity contribution in [1.29, 1.82) is 5.26 Å². The van der Waals surface area contributed by atoms with Gasteiger partial charge >= 0.3 is 0 Å². The van der Waals surface area contributed by atoms with Gasteiger partial charge in [-0.2, -0.15) is 5.26 Å². The van der Waals surface area contributed by atoms with Gasteiger partial charge in [0.25, 0.3) is 0 Å². The third-order valence-electron chi connectivity index (χ3n) is 6.34. The molecule has 0 spiro atoms. The van der Waals surface area contributed by atoms with Crippen LogP contribution >= 0.6 is 0 Å². The maximum Gasteiger partial charge on any atom is 0.163 e. The molecular formula is C29H30N2O4. The zero-order valence-corrected chi connectivity index (χ0v) is 20.1. The minimum Gasteiger partial charge on any atom is -0.507 e. The predicted octanol–water partition coefficient (Wildman–Crippen LogP) is 6.02. The lowest BCUT2D eigenvalue weighted by Gasteiger charge is -2.28. The van der Waals surface area contributed by atoms with Gasteiger partial charge in [-0.3, -0.25) is 4.79 Å². The molecule has 0 bridgehead atoms. The van der Waals surface area contributed by atoms with Gasteiger partial charge in [-0.15, -0.1) is 0 Å². The maximum absolute atomic E-state index is 11.6. The highest BCUT2D eigenvalue weighted by molar-refractivity contribution is 5.97. The van der Waals surface area contributed by atoms with Crippen LogP contribution in [0.25, 0.3) is 0 Å². The van der Waals surface area contributed by atoms with Gasteiger partial charge in [-0.1, -0.05) is 36.4 Å². The fraction of sp³-hybridized carbons (Fsp3) is 0.310. The first-order valence-corrected chi connectivity index (χ1v) is 11.9. The van der Waals surface area contributed by atoms with E-state index in [2.05, 4.69) is 11.4 Å². The lowest BCUT2D eigenvalue weighted by molar-refractivity contribution is -0.181. The highest BCUT2D eigenvalue weighted by Crippen LogP contribution is 2.32. The average molecular weight is 471 g/mol. The number of phenolic OH excluding ortho intramolecular Hbond substituents is 1. The van der Waals surface area contributed by atoms with Crippen LogP contribution in [0, 0.1) is 18.3 Å². The number of ketones is 1. The molecule has 3 aromatic rings. The third-order valence-corrected chi connectivity index (χ3v) is 6.34. The largest absolute Gasteiger partial charge is 0.507 e. The normalized spacial score (nSPS) is 16.3. The Morgan fingerprint density at radius 1 is 1.11 bits per heavy atom. The van der Waals surface area contributed by atoms with Crippen molar-refractivity contribution in [2.75, 3.05) is 11.9 Å². The van der Waals surface area contributed by atoms with Crippen LogP contribution < -0.4 is 5.32 Å². The molecule has 0 aliphatic carbocycles. The first-order valence-electron chi connectivity index (χ1n) is 11.9. The summed E-state index contributed by atoms with van der Waals surface area (Å²) in [7, 11) is 0. The SMILES string of the molecule is CC(=O)c1ccc(NCc2ccc(C(OC3CCCCO3)c3ccc(C#N)cc3)cc2)c(C)c1O. The van der Waals surface area contributed by atoms with E-state index in [1.165, 1.54) is 6.92 Å². The van der Waals surface area contributed by atoms with E-state index in [4.69, 9.17) is 14.7 Å². The lowest BCUT2D eigenvalue weighted by atomic mass is 9.99. The summed E-state index contributed by atoms with van der Waals surface area (Å²) in [6, 6.07) is 21.3. The molecule has 35 heavy (non-hydrogen) atoms. The topological polar surface area (TPSA) is 91.6 Å². The number of nitrogens with one attached hydrogen (secondary N) is 1. The van der Waals surface area contributed by atoms with E-state index in [1.54, 1.807) is 25.1 Å². The number of hydrogen-bond donors (Lipinski definition) is 2. The summed E-state index contributed by atoms with van der Waals surface area (Å²) < 4.78 is 12.2. The standard InChI is InChI=1S/C29H30N2O4/c1-19-26(15-14-25(20(2)32)28(19)33)31-18-22-8-12-24(13-9-22)29(35-27-5-3-4-16-34-27)23-10-6-21(17-30)7-11-23/h6-15,27,29,31,33H,3-5,16,18H2,1-2H3. The van der Waals surface area contributed by atoms with Crippen molar-refractivity contribution in [2.24, 2.45) is 0 Å². The molecule has 0 amide bonds. The lowest BCUT2D eigenvalue weighted by Crippen LogP contribution is -2.25. The summed E-state index contributed by atoms with van der Waals surface area (Å²) in [4.78, 5) is 11.6. The van der Waals surface area contributed by atoms with Crippen LogP contribution in [0.3, 0.4) is 0 Å². The van der Waals surface area contributed by atoms with Gasteiger partial charge in [0, 0.05) is 24.4 Å². The Balaban J connectivity index is 1.50. The van der Waals surface area contributed by atoms with Gasteiger partial charge in [0.1, 0.15) is 11.9 Å². The van der Waals surface area contributed by atoms with E-state index in [0.29, 0.717) is 29.8 Å². The summed E-state index contributed by atoms with van der Waals surface area (Å²) in [6.07, 6.45) is 2.45. The first-order chi connectivity index (χ1) is 17.0. The summed E-state index contributed by atoms with van der Waals surface area (Å²) in [5.41, 5.74) is 5.42. The van der Waals surface area contributed by atoms with E-state index >= 15 is 0 Å². The number of carbonyl (C=O) groups excluding carboxylic acids is 1. The Hall–Kier alpha value is -3.66. The summed E-state index contributed by atoms with van der Waals surface area (Å²) in [5.74, 6) is -0.143. The summed E-state index contributed by atoms with van der Waals surface area (Å²) >= 11 is 0. The molecule has 1 aliphatic heterocycles. The maximum atomic E-state index is 11.6. The van der Waals surface area contributed by atoms with Crippen LogP contribution in [0.15, 0.2) is 60.7 Å². The van der Waals surface area contributed by atoms with Crippen molar-refractivity contribution in [3.05, 3.63) is 94.0 Å². The number of Topliss-reactive ketones (excluding diaryl/α,β-unsaturated/α-hetero) is 1. The monoisotopic (exact) mass is 470 g/mol. The van der Waals surface area contributed by atoms with E-state index in [1.807, 2.05) is 42.5 Å². The van der Waals surface area contributed by atoms with Crippen LogP contribution in [0.4, 0.5) is 5.69 Å². The highest BCUT2D eigenvalue weighted by atomic mass is 16.7. The van der Waals surface area contributed by atoms with Gasteiger partial charge in [0.15, 0.2) is 12.1 Å². The highest BCUT2D eigenvalue weighted by Gasteiger charge is 2.23. The molecule has 1 saturated heterocycles. The Labute approximate surface area is 206 Å². The van der Waals surface area contributed by atoms with E-state index < -0.39 is 0 Å². The van der Waals surface area contributed by atoms with Crippen molar-refractivity contribution in [2.45, 2.75) is 52.0 Å². The molecule has 3 aromatic carbocycles. The summed E-state index contributed by atoms with van der Waals surface area (Å²) in [5, 5.41) is 22.8. The van der Waals surface area contributed by atoms with E-state index in [9.17, 15) is 9.90 Å². The number of hydrogen-bond acceptors (Lipinski definition) is 6. The summed E-state index contributed by atoms with van der Waals surface area (Å²) in [6.45, 7) is 4.50. The fourth-order valence-electron chi connectivity index (χ4n) is 4.24. The van der Waals surface area contributed by atoms with Crippen LogP contribution in [-0.2, 0) is 16.0 Å². The average Bonchev–Trinajstić information content (AvgIpc) is 2.89. The molecule has 1 heterocycles. The molecule has 0 aromatic heterocycles. The van der Waals surface area contributed by atoms with Crippen LogP contribution in [-0.4, -0.2) is 23.8 Å². The molecule has 1 aliphatic rings. The van der Waals surface area contributed by atoms with Crippen LogP contribution in [0.5, 0.6) is 5.75 Å². The molecular weight excluding hydrogens is 440 g/mol.